The number of fused-ring (bicyclic) bond motifs is 1. The molecule has 0 aliphatic rings. The van der Waals surface area contributed by atoms with E-state index >= 15 is 0 Å². The van der Waals surface area contributed by atoms with Crippen LogP contribution in [0, 0.1) is 13.8 Å². The molecule has 0 radical (unpaired) electrons. The van der Waals surface area contributed by atoms with Crippen LogP contribution in [0.3, 0.4) is 0 Å². The molecule has 3 aromatic carbocycles. The Bertz CT molecular complexity index is 1040. The van der Waals surface area contributed by atoms with Crippen LogP contribution in [0.2, 0.25) is 0 Å². The van der Waals surface area contributed by atoms with Gasteiger partial charge in [-0.05, 0) is 32.0 Å². The van der Waals surface area contributed by atoms with Gasteiger partial charge >= 0.3 is 0 Å². The molecule has 0 bridgehead atoms. The maximum absolute atomic E-state index is 13.1. The van der Waals surface area contributed by atoms with Gasteiger partial charge < -0.3 is 0 Å². The van der Waals surface area contributed by atoms with Gasteiger partial charge in [-0.25, -0.2) is 4.98 Å². The second kappa shape index (κ2) is 6.26. The fraction of sp³-hybridized carbons (Fsp3) is 0.0909. The summed E-state index contributed by atoms with van der Waals surface area (Å²) in [7, 11) is 0. The zero-order valence-corrected chi connectivity index (χ0v) is 14.9. The van der Waals surface area contributed by atoms with E-state index in [1.807, 2.05) is 68.4 Å². The maximum Gasteiger partial charge on any atom is 0.193 e. The first-order valence-corrected chi connectivity index (χ1v) is 9.01. The van der Waals surface area contributed by atoms with Gasteiger partial charge in [0.1, 0.15) is 5.01 Å². The van der Waals surface area contributed by atoms with E-state index in [1.54, 1.807) is 11.3 Å². The van der Waals surface area contributed by atoms with Crippen LogP contribution in [-0.4, -0.2) is 10.8 Å². The number of ketones is 1. The summed E-state index contributed by atoms with van der Waals surface area (Å²) in [5.74, 6) is 0.0363. The zero-order chi connectivity index (χ0) is 17.4. The molecule has 0 unspecified atom stereocenters. The summed E-state index contributed by atoms with van der Waals surface area (Å²) in [5.41, 5.74) is 5.55. The highest BCUT2D eigenvalue weighted by atomic mass is 32.1. The second-order valence-electron chi connectivity index (χ2n) is 6.23. The zero-order valence-electron chi connectivity index (χ0n) is 14.1. The third-order valence-corrected chi connectivity index (χ3v) is 5.33. The number of para-hydroxylation sites is 1. The van der Waals surface area contributed by atoms with E-state index in [0.717, 1.165) is 31.9 Å². The number of aromatic nitrogens is 1. The standard InChI is InChI=1S/C22H17NOS/c1-14-7-10-16(11-8-14)21(24)17-12-9-15(2)13-18(17)22-23-19-5-3-4-6-20(19)25-22/h3-13H,1-2H3. The van der Waals surface area contributed by atoms with Crippen molar-refractivity contribution >= 4 is 27.3 Å². The Kier molecular flexibility index (Phi) is 3.94. The Hall–Kier alpha value is -2.78. The normalized spacial score (nSPS) is 11.0. The summed E-state index contributed by atoms with van der Waals surface area (Å²) in [6.07, 6.45) is 0. The van der Waals surface area contributed by atoms with Gasteiger partial charge in [-0.15, -0.1) is 11.3 Å². The summed E-state index contributed by atoms with van der Waals surface area (Å²) in [6.45, 7) is 4.06. The van der Waals surface area contributed by atoms with Crippen molar-refractivity contribution in [1.29, 1.82) is 0 Å². The largest absolute Gasteiger partial charge is 0.289 e. The Morgan fingerprint density at radius 3 is 2.36 bits per heavy atom. The molecule has 0 N–H and O–H groups in total. The first kappa shape index (κ1) is 15.7. The van der Waals surface area contributed by atoms with Crippen LogP contribution in [0.4, 0.5) is 0 Å². The van der Waals surface area contributed by atoms with Crippen molar-refractivity contribution in [3.63, 3.8) is 0 Å². The minimum Gasteiger partial charge on any atom is -0.289 e. The van der Waals surface area contributed by atoms with Crippen molar-refractivity contribution in [2.24, 2.45) is 0 Å². The summed E-state index contributed by atoms with van der Waals surface area (Å²) in [5, 5.41) is 0.889. The summed E-state index contributed by atoms with van der Waals surface area (Å²) >= 11 is 1.62. The molecule has 4 rings (SSSR count). The van der Waals surface area contributed by atoms with Crippen LogP contribution in [-0.2, 0) is 0 Å². The van der Waals surface area contributed by atoms with E-state index in [9.17, 15) is 4.79 Å². The van der Waals surface area contributed by atoms with E-state index in [1.165, 1.54) is 0 Å². The van der Waals surface area contributed by atoms with Crippen LogP contribution in [0.25, 0.3) is 20.8 Å². The van der Waals surface area contributed by atoms with Gasteiger partial charge in [-0.1, -0.05) is 59.7 Å². The molecule has 3 heteroatoms. The average molecular weight is 343 g/mol. The number of thiazole rings is 1. The molecule has 0 aliphatic heterocycles. The van der Waals surface area contributed by atoms with Crippen LogP contribution in [0.5, 0.6) is 0 Å². The molecule has 0 aliphatic carbocycles. The number of rotatable bonds is 3. The lowest BCUT2D eigenvalue weighted by Crippen LogP contribution is -2.04. The van der Waals surface area contributed by atoms with Crippen LogP contribution < -0.4 is 0 Å². The van der Waals surface area contributed by atoms with Gasteiger partial charge in [-0.3, -0.25) is 4.79 Å². The van der Waals surface area contributed by atoms with E-state index in [0.29, 0.717) is 11.1 Å². The van der Waals surface area contributed by atoms with Crippen LogP contribution in [0.1, 0.15) is 27.0 Å². The molecule has 122 valence electrons. The predicted octanol–water partition coefficient (Wildman–Crippen LogP) is 5.81. The molecular weight excluding hydrogens is 326 g/mol. The van der Waals surface area contributed by atoms with E-state index in [-0.39, 0.29) is 5.78 Å². The monoisotopic (exact) mass is 343 g/mol. The topological polar surface area (TPSA) is 30.0 Å². The molecule has 1 heterocycles. The van der Waals surface area contributed by atoms with Crippen molar-refractivity contribution in [1.82, 2.24) is 4.98 Å². The summed E-state index contributed by atoms with van der Waals surface area (Å²) in [6, 6.07) is 21.7. The van der Waals surface area contributed by atoms with Crippen molar-refractivity contribution < 1.29 is 4.79 Å². The van der Waals surface area contributed by atoms with Crippen LogP contribution >= 0.6 is 11.3 Å². The van der Waals surface area contributed by atoms with Gasteiger partial charge in [0.25, 0.3) is 0 Å². The van der Waals surface area contributed by atoms with Gasteiger partial charge in [0.15, 0.2) is 5.78 Å². The van der Waals surface area contributed by atoms with Gasteiger partial charge in [0.2, 0.25) is 0 Å². The number of hydrogen-bond donors (Lipinski definition) is 0. The molecule has 4 aromatic rings. The highest BCUT2D eigenvalue weighted by molar-refractivity contribution is 7.21. The Labute approximate surface area is 150 Å². The van der Waals surface area contributed by atoms with Crippen molar-refractivity contribution in [3.05, 3.63) is 89.0 Å². The molecule has 0 saturated heterocycles. The molecule has 1 aromatic heterocycles. The number of benzene rings is 3. The highest BCUT2D eigenvalue weighted by Gasteiger charge is 2.17. The highest BCUT2D eigenvalue weighted by Crippen LogP contribution is 2.33. The van der Waals surface area contributed by atoms with E-state index < -0.39 is 0 Å². The van der Waals surface area contributed by atoms with Crippen LogP contribution in [0.15, 0.2) is 66.7 Å². The average Bonchev–Trinajstić information content (AvgIpc) is 3.06. The first-order chi connectivity index (χ1) is 12.1. The minimum absolute atomic E-state index is 0.0363. The Balaban J connectivity index is 1.86. The fourth-order valence-corrected chi connectivity index (χ4v) is 3.88. The smallest absolute Gasteiger partial charge is 0.193 e. The quantitative estimate of drug-likeness (QED) is 0.439. The fourth-order valence-electron chi connectivity index (χ4n) is 2.88. The lowest BCUT2D eigenvalue weighted by molar-refractivity contribution is 0.103. The molecule has 25 heavy (non-hydrogen) atoms. The number of carbonyl (C=O) groups excluding carboxylic acids is 1. The molecule has 0 fully saturated rings. The third kappa shape index (κ3) is 2.99. The molecule has 0 atom stereocenters. The molecule has 2 nitrogen and oxygen atoms in total. The van der Waals surface area contributed by atoms with E-state index in [2.05, 4.69) is 12.1 Å². The predicted molar refractivity (Wildman–Crippen MR) is 104 cm³/mol. The molecule has 0 spiro atoms. The third-order valence-electron chi connectivity index (χ3n) is 4.26. The summed E-state index contributed by atoms with van der Waals surface area (Å²) in [4.78, 5) is 17.8. The number of nitrogens with zero attached hydrogens (tertiary/aromatic N) is 1. The van der Waals surface area contributed by atoms with Gasteiger partial charge in [0, 0.05) is 16.7 Å². The molecule has 0 amide bonds. The Morgan fingerprint density at radius 1 is 0.880 bits per heavy atom. The lowest BCUT2D eigenvalue weighted by atomic mass is 9.96. The van der Waals surface area contributed by atoms with Crippen molar-refractivity contribution in [3.8, 4) is 10.6 Å². The number of hydrogen-bond acceptors (Lipinski definition) is 3. The SMILES string of the molecule is Cc1ccc(C(=O)c2ccc(C)cc2-c2nc3ccccc3s2)cc1. The minimum atomic E-state index is 0.0363. The van der Waals surface area contributed by atoms with E-state index in [4.69, 9.17) is 4.98 Å². The van der Waals surface area contributed by atoms with Crippen molar-refractivity contribution in [2.45, 2.75) is 13.8 Å². The number of aryl methyl sites for hydroxylation is 2. The Morgan fingerprint density at radius 2 is 1.60 bits per heavy atom. The summed E-state index contributed by atoms with van der Waals surface area (Å²) < 4.78 is 1.13. The van der Waals surface area contributed by atoms with Gasteiger partial charge in [-0.2, -0.15) is 0 Å². The number of carbonyl (C=O) groups is 1. The molecular formula is C22H17NOS. The molecule has 0 saturated carbocycles. The second-order valence-corrected chi connectivity index (χ2v) is 7.26. The lowest BCUT2D eigenvalue weighted by Gasteiger charge is -2.08. The van der Waals surface area contributed by atoms with Crippen molar-refractivity contribution in [2.75, 3.05) is 0 Å². The first-order valence-electron chi connectivity index (χ1n) is 8.20. The van der Waals surface area contributed by atoms with Gasteiger partial charge in [0.05, 0.1) is 10.2 Å². The maximum atomic E-state index is 13.1.